The fourth-order valence-electron chi connectivity index (χ4n) is 4.44. The van der Waals surface area contributed by atoms with Crippen LogP contribution >= 0.6 is 0 Å². The number of aromatic nitrogens is 3. The first kappa shape index (κ1) is 19.4. The van der Waals surface area contributed by atoms with Crippen molar-refractivity contribution in [3.63, 3.8) is 0 Å². The average molecular weight is 420 g/mol. The number of carbonyl (C=O) groups is 1. The number of hydrogen-bond donors (Lipinski definition) is 1. The summed E-state index contributed by atoms with van der Waals surface area (Å²) in [6.07, 6.45) is 0.639. The Bertz CT molecular complexity index is 1150. The fraction of sp³-hybridized carbons (Fsp3) is 0.348. The summed E-state index contributed by atoms with van der Waals surface area (Å²) in [5.74, 6) is 2.60. The van der Waals surface area contributed by atoms with Gasteiger partial charge in [-0.3, -0.25) is 4.98 Å². The minimum absolute atomic E-state index is 0.187. The SMILES string of the molecule is Cc1cccc(-c2nc(C3CCN(C(=O)O)CC3)n(C)c2-c2ccc3c(c2)OCO3)n1. The highest BCUT2D eigenvalue weighted by Crippen LogP contribution is 2.40. The zero-order valence-corrected chi connectivity index (χ0v) is 17.5. The Morgan fingerprint density at radius 1 is 1.10 bits per heavy atom. The van der Waals surface area contributed by atoms with E-state index in [4.69, 9.17) is 19.4 Å². The van der Waals surface area contributed by atoms with Crippen LogP contribution in [0.4, 0.5) is 4.79 Å². The summed E-state index contributed by atoms with van der Waals surface area (Å²) in [4.78, 5) is 22.5. The van der Waals surface area contributed by atoms with Crippen LogP contribution in [0.1, 0.15) is 30.3 Å². The molecule has 0 aliphatic carbocycles. The molecule has 0 unspecified atom stereocenters. The van der Waals surface area contributed by atoms with Gasteiger partial charge in [-0.05, 0) is 50.1 Å². The largest absolute Gasteiger partial charge is 0.465 e. The summed E-state index contributed by atoms with van der Waals surface area (Å²) in [6.45, 7) is 3.23. The van der Waals surface area contributed by atoms with E-state index in [0.29, 0.717) is 13.1 Å². The van der Waals surface area contributed by atoms with Crippen LogP contribution in [0.3, 0.4) is 0 Å². The number of fused-ring (bicyclic) bond motifs is 1. The minimum Gasteiger partial charge on any atom is -0.465 e. The van der Waals surface area contributed by atoms with Gasteiger partial charge in [0.2, 0.25) is 6.79 Å². The first-order valence-corrected chi connectivity index (χ1v) is 10.4. The molecule has 1 N–H and O–H groups in total. The Balaban J connectivity index is 1.60. The van der Waals surface area contributed by atoms with E-state index in [1.165, 1.54) is 4.90 Å². The third-order valence-electron chi connectivity index (χ3n) is 6.04. The molecule has 0 atom stereocenters. The molecule has 0 saturated carbocycles. The molecular weight excluding hydrogens is 396 g/mol. The van der Waals surface area contributed by atoms with Gasteiger partial charge in [0, 0.05) is 37.3 Å². The van der Waals surface area contributed by atoms with Crippen LogP contribution in [0.2, 0.25) is 0 Å². The molecule has 1 amide bonds. The molecule has 2 aliphatic rings. The van der Waals surface area contributed by atoms with Gasteiger partial charge >= 0.3 is 6.09 Å². The fourth-order valence-corrected chi connectivity index (χ4v) is 4.44. The molecule has 4 heterocycles. The maximum absolute atomic E-state index is 11.3. The Kier molecular flexibility index (Phi) is 4.77. The summed E-state index contributed by atoms with van der Waals surface area (Å²) in [6, 6.07) is 11.8. The lowest BCUT2D eigenvalue weighted by atomic mass is 9.96. The molecule has 0 bridgehead atoms. The number of benzene rings is 1. The molecule has 1 saturated heterocycles. The van der Waals surface area contributed by atoms with Crippen LogP contribution in [0.5, 0.6) is 11.5 Å². The molecule has 2 aromatic heterocycles. The second-order valence-electron chi connectivity index (χ2n) is 8.00. The Morgan fingerprint density at radius 3 is 2.61 bits per heavy atom. The van der Waals surface area contributed by atoms with Gasteiger partial charge in [-0.1, -0.05) is 6.07 Å². The highest BCUT2D eigenvalue weighted by molar-refractivity contribution is 5.79. The molecule has 3 aromatic rings. The number of rotatable bonds is 3. The van der Waals surface area contributed by atoms with Crippen LogP contribution in [0.15, 0.2) is 36.4 Å². The number of amides is 1. The van der Waals surface area contributed by atoms with E-state index in [0.717, 1.165) is 58.5 Å². The number of ether oxygens (including phenoxy) is 2. The predicted octanol–water partition coefficient (Wildman–Crippen LogP) is 4.04. The summed E-state index contributed by atoms with van der Waals surface area (Å²) >= 11 is 0. The summed E-state index contributed by atoms with van der Waals surface area (Å²) in [5, 5.41) is 9.27. The van der Waals surface area contributed by atoms with Crippen molar-refractivity contribution in [2.45, 2.75) is 25.7 Å². The monoisotopic (exact) mass is 420 g/mol. The number of piperidine rings is 1. The number of nitrogens with zero attached hydrogens (tertiary/aromatic N) is 4. The van der Waals surface area contributed by atoms with E-state index in [1.54, 1.807) is 0 Å². The van der Waals surface area contributed by atoms with Crippen LogP contribution < -0.4 is 9.47 Å². The maximum Gasteiger partial charge on any atom is 0.407 e. The van der Waals surface area contributed by atoms with Crippen molar-refractivity contribution in [3.8, 4) is 34.1 Å². The van der Waals surface area contributed by atoms with E-state index < -0.39 is 6.09 Å². The first-order valence-electron chi connectivity index (χ1n) is 10.4. The molecule has 0 spiro atoms. The number of likely N-dealkylation sites (tertiary alicyclic amines) is 1. The minimum atomic E-state index is -0.857. The normalized spacial score (nSPS) is 16.0. The van der Waals surface area contributed by atoms with Gasteiger partial charge in [-0.2, -0.15) is 0 Å². The Labute approximate surface area is 180 Å². The predicted molar refractivity (Wildman–Crippen MR) is 114 cm³/mol. The average Bonchev–Trinajstić information content (AvgIpc) is 3.37. The van der Waals surface area contributed by atoms with Crippen molar-refractivity contribution in [2.24, 2.45) is 7.05 Å². The van der Waals surface area contributed by atoms with Crippen molar-refractivity contribution in [3.05, 3.63) is 47.9 Å². The number of aryl methyl sites for hydroxylation is 1. The smallest absolute Gasteiger partial charge is 0.407 e. The molecule has 160 valence electrons. The highest BCUT2D eigenvalue weighted by Gasteiger charge is 2.29. The van der Waals surface area contributed by atoms with Crippen molar-refractivity contribution >= 4 is 6.09 Å². The van der Waals surface area contributed by atoms with Gasteiger partial charge in [-0.25, -0.2) is 9.78 Å². The molecular formula is C23H24N4O4. The van der Waals surface area contributed by atoms with E-state index in [2.05, 4.69) is 4.57 Å². The van der Waals surface area contributed by atoms with Crippen LogP contribution in [-0.4, -0.2) is 50.5 Å². The van der Waals surface area contributed by atoms with Gasteiger partial charge in [0.1, 0.15) is 11.5 Å². The molecule has 5 rings (SSSR count). The van der Waals surface area contributed by atoms with Gasteiger partial charge in [0.25, 0.3) is 0 Å². The molecule has 2 aliphatic heterocycles. The van der Waals surface area contributed by atoms with Crippen molar-refractivity contribution < 1.29 is 19.4 Å². The van der Waals surface area contributed by atoms with Crippen molar-refractivity contribution in [1.29, 1.82) is 0 Å². The van der Waals surface area contributed by atoms with Gasteiger partial charge < -0.3 is 24.0 Å². The number of pyridine rings is 1. The second-order valence-corrected chi connectivity index (χ2v) is 8.00. The van der Waals surface area contributed by atoms with E-state index in [-0.39, 0.29) is 12.7 Å². The lowest BCUT2D eigenvalue weighted by molar-refractivity contribution is 0.131. The van der Waals surface area contributed by atoms with Gasteiger partial charge in [-0.15, -0.1) is 0 Å². The van der Waals surface area contributed by atoms with Crippen molar-refractivity contribution in [1.82, 2.24) is 19.4 Å². The van der Waals surface area contributed by atoms with Gasteiger partial charge in [0.05, 0.1) is 11.4 Å². The third kappa shape index (κ3) is 3.48. The number of imidazole rings is 1. The third-order valence-corrected chi connectivity index (χ3v) is 6.04. The van der Waals surface area contributed by atoms with E-state index >= 15 is 0 Å². The molecule has 1 aromatic carbocycles. The second kappa shape index (κ2) is 7.61. The topological polar surface area (TPSA) is 89.7 Å². The lowest BCUT2D eigenvalue weighted by Gasteiger charge is -2.29. The summed E-state index contributed by atoms with van der Waals surface area (Å²) in [5.41, 5.74) is 4.51. The molecule has 31 heavy (non-hydrogen) atoms. The van der Waals surface area contributed by atoms with Gasteiger partial charge in [0.15, 0.2) is 11.5 Å². The highest BCUT2D eigenvalue weighted by atomic mass is 16.7. The van der Waals surface area contributed by atoms with Crippen LogP contribution in [0, 0.1) is 6.92 Å². The van der Waals surface area contributed by atoms with E-state index in [9.17, 15) is 9.90 Å². The number of carboxylic acid groups (broad SMARTS) is 1. The Hall–Kier alpha value is -3.55. The standard InChI is InChI=1S/C23H24N4O4/c1-14-4-3-5-17(24-14)20-21(16-6-7-18-19(12-16)31-13-30-18)26(2)22(25-20)15-8-10-27(11-9-15)23(28)29/h3-7,12,15H,8-11,13H2,1-2H3,(H,28,29). The Morgan fingerprint density at radius 2 is 1.87 bits per heavy atom. The zero-order chi connectivity index (χ0) is 21.5. The van der Waals surface area contributed by atoms with Crippen molar-refractivity contribution in [2.75, 3.05) is 19.9 Å². The van der Waals surface area contributed by atoms with E-state index in [1.807, 2.05) is 50.4 Å². The quantitative estimate of drug-likeness (QED) is 0.688. The van der Waals surface area contributed by atoms with Crippen LogP contribution in [-0.2, 0) is 7.05 Å². The number of hydrogen-bond acceptors (Lipinski definition) is 5. The molecule has 0 radical (unpaired) electrons. The zero-order valence-electron chi connectivity index (χ0n) is 17.5. The lowest BCUT2D eigenvalue weighted by Crippen LogP contribution is -2.37. The summed E-state index contributed by atoms with van der Waals surface area (Å²) < 4.78 is 13.2. The molecule has 8 heteroatoms. The first-order chi connectivity index (χ1) is 15.0. The summed E-state index contributed by atoms with van der Waals surface area (Å²) in [7, 11) is 2.02. The molecule has 8 nitrogen and oxygen atoms in total. The maximum atomic E-state index is 11.3. The van der Waals surface area contributed by atoms with Crippen LogP contribution in [0.25, 0.3) is 22.6 Å². The molecule has 1 fully saturated rings.